The number of thiophene rings is 1. The predicted molar refractivity (Wildman–Crippen MR) is 101 cm³/mol. The SMILES string of the molecule is O=C(O)c1ccc(OC(c2ccccc2)n2cnc3cc(F)c(Cl)cc32)s1. The second-order valence-electron chi connectivity index (χ2n) is 5.71. The molecule has 0 aliphatic rings. The smallest absolute Gasteiger partial charge is 0.345 e. The number of carbonyl (C=O) groups is 1. The van der Waals surface area contributed by atoms with Crippen LogP contribution in [-0.2, 0) is 0 Å². The summed E-state index contributed by atoms with van der Waals surface area (Å²) in [6, 6.07) is 15.2. The zero-order valence-corrected chi connectivity index (χ0v) is 15.2. The fourth-order valence-corrected chi connectivity index (χ4v) is 3.59. The highest BCUT2D eigenvalue weighted by molar-refractivity contribution is 7.15. The molecule has 1 unspecified atom stereocenters. The number of hydrogen-bond acceptors (Lipinski definition) is 4. The summed E-state index contributed by atoms with van der Waals surface area (Å²) in [6.45, 7) is 0. The quantitative estimate of drug-likeness (QED) is 0.497. The van der Waals surface area contributed by atoms with E-state index in [9.17, 15) is 9.18 Å². The summed E-state index contributed by atoms with van der Waals surface area (Å²) in [5, 5.41) is 9.55. The molecule has 2 aromatic heterocycles. The molecular weight excluding hydrogens is 391 g/mol. The molecule has 0 aliphatic heterocycles. The van der Waals surface area contributed by atoms with Gasteiger partial charge in [0.15, 0.2) is 5.06 Å². The van der Waals surface area contributed by atoms with Crippen molar-refractivity contribution in [2.75, 3.05) is 0 Å². The van der Waals surface area contributed by atoms with Gasteiger partial charge in [-0.2, -0.15) is 0 Å². The number of halogens is 2. The molecule has 1 atom stereocenters. The Balaban J connectivity index is 1.81. The van der Waals surface area contributed by atoms with E-state index in [4.69, 9.17) is 21.4 Å². The Morgan fingerprint density at radius 2 is 2.00 bits per heavy atom. The third-order valence-corrected chi connectivity index (χ3v) is 5.23. The van der Waals surface area contributed by atoms with E-state index in [0.717, 1.165) is 16.9 Å². The number of aromatic nitrogens is 2. The van der Waals surface area contributed by atoms with E-state index < -0.39 is 18.0 Å². The molecule has 4 aromatic rings. The van der Waals surface area contributed by atoms with Crippen molar-refractivity contribution >= 4 is 39.9 Å². The molecule has 27 heavy (non-hydrogen) atoms. The monoisotopic (exact) mass is 402 g/mol. The molecule has 0 radical (unpaired) electrons. The predicted octanol–water partition coefficient (Wildman–Crippen LogP) is 5.21. The molecule has 0 spiro atoms. The van der Waals surface area contributed by atoms with Crippen LogP contribution in [0.2, 0.25) is 5.02 Å². The van der Waals surface area contributed by atoms with E-state index in [2.05, 4.69) is 4.98 Å². The van der Waals surface area contributed by atoms with Crippen LogP contribution < -0.4 is 4.74 Å². The van der Waals surface area contributed by atoms with Gasteiger partial charge < -0.3 is 9.84 Å². The maximum absolute atomic E-state index is 13.7. The molecular formula is C19H12ClFN2O3S. The van der Waals surface area contributed by atoms with E-state index >= 15 is 0 Å². The van der Waals surface area contributed by atoms with Crippen LogP contribution >= 0.6 is 22.9 Å². The van der Waals surface area contributed by atoms with Crippen LogP contribution in [0, 0.1) is 5.82 Å². The number of carboxylic acids is 1. The Morgan fingerprint density at radius 1 is 1.22 bits per heavy atom. The molecule has 0 bridgehead atoms. The molecule has 1 N–H and O–H groups in total. The van der Waals surface area contributed by atoms with Crippen molar-refractivity contribution in [3.63, 3.8) is 0 Å². The minimum Gasteiger partial charge on any atom is -0.477 e. The first-order chi connectivity index (χ1) is 13.0. The van der Waals surface area contributed by atoms with Gasteiger partial charge in [-0.25, -0.2) is 14.2 Å². The van der Waals surface area contributed by atoms with Crippen LogP contribution in [0.15, 0.2) is 60.9 Å². The number of rotatable bonds is 5. The summed E-state index contributed by atoms with van der Waals surface area (Å²) < 4.78 is 21.6. The fourth-order valence-electron chi connectivity index (χ4n) is 2.72. The van der Waals surface area contributed by atoms with E-state index in [1.54, 1.807) is 17.0 Å². The molecule has 4 rings (SSSR count). The zero-order chi connectivity index (χ0) is 19.0. The van der Waals surface area contributed by atoms with Crippen molar-refractivity contribution in [2.45, 2.75) is 6.23 Å². The van der Waals surface area contributed by atoms with Crippen molar-refractivity contribution in [2.24, 2.45) is 0 Å². The van der Waals surface area contributed by atoms with Crippen molar-refractivity contribution in [1.82, 2.24) is 9.55 Å². The van der Waals surface area contributed by atoms with Crippen molar-refractivity contribution in [1.29, 1.82) is 0 Å². The summed E-state index contributed by atoms with van der Waals surface area (Å²) in [4.78, 5) is 15.5. The third kappa shape index (κ3) is 3.39. The number of aromatic carboxylic acids is 1. The number of carboxylic acid groups (broad SMARTS) is 1. The zero-order valence-electron chi connectivity index (χ0n) is 13.7. The topological polar surface area (TPSA) is 64.3 Å². The number of benzene rings is 2. The number of imidazole rings is 1. The molecule has 0 saturated carbocycles. The van der Waals surface area contributed by atoms with E-state index in [0.29, 0.717) is 16.1 Å². The Bertz CT molecular complexity index is 1130. The van der Waals surface area contributed by atoms with Gasteiger partial charge in [-0.1, -0.05) is 53.3 Å². The Labute approximate surface area is 162 Å². The third-order valence-electron chi connectivity index (χ3n) is 3.97. The van der Waals surface area contributed by atoms with Gasteiger partial charge in [-0.05, 0) is 18.2 Å². The highest BCUT2D eigenvalue weighted by Crippen LogP contribution is 2.33. The summed E-state index contributed by atoms with van der Waals surface area (Å²) in [5.41, 5.74) is 1.87. The van der Waals surface area contributed by atoms with Crippen molar-refractivity contribution < 1.29 is 19.0 Å². The largest absolute Gasteiger partial charge is 0.477 e. The molecule has 0 fully saturated rings. The fraction of sp³-hybridized carbons (Fsp3) is 0.0526. The average molecular weight is 403 g/mol. The molecule has 0 aliphatic carbocycles. The second-order valence-corrected chi connectivity index (χ2v) is 7.17. The lowest BCUT2D eigenvalue weighted by Crippen LogP contribution is -2.16. The van der Waals surface area contributed by atoms with Crippen LogP contribution in [0.25, 0.3) is 11.0 Å². The highest BCUT2D eigenvalue weighted by Gasteiger charge is 2.21. The number of nitrogens with zero attached hydrogens (tertiary/aromatic N) is 2. The van der Waals surface area contributed by atoms with E-state index in [1.807, 2.05) is 30.3 Å². The van der Waals surface area contributed by atoms with Crippen LogP contribution in [0.4, 0.5) is 4.39 Å². The average Bonchev–Trinajstić information content (AvgIpc) is 3.28. The van der Waals surface area contributed by atoms with Gasteiger partial charge in [0.05, 0.1) is 22.4 Å². The van der Waals surface area contributed by atoms with E-state index in [-0.39, 0.29) is 9.90 Å². The number of ether oxygens (including phenoxy) is 1. The molecule has 2 heterocycles. The summed E-state index contributed by atoms with van der Waals surface area (Å²) in [7, 11) is 0. The Morgan fingerprint density at radius 3 is 2.70 bits per heavy atom. The molecule has 0 amide bonds. The molecule has 5 nitrogen and oxygen atoms in total. The van der Waals surface area contributed by atoms with Crippen LogP contribution in [0.5, 0.6) is 5.06 Å². The van der Waals surface area contributed by atoms with E-state index in [1.165, 1.54) is 18.2 Å². The maximum atomic E-state index is 13.7. The van der Waals surface area contributed by atoms with Crippen molar-refractivity contribution in [3.8, 4) is 5.06 Å². The summed E-state index contributed by atoms with van der Waals surface area (Å²) >= 11 is 6.98. The second kappa shape index (κ2) is 7.02. The number of fused-ring (bicyclic) bond motifs is 1. The molecule has 8 heteroatoms. The highest BCUT2D eigenvalue weighted by atomic mass is 35.5. The van der Waals surface area contributed by atoms with Gasteiger partial charge in [-0.15, -0.1) is 0 Å². The van der Waals surface area contributed by atoms with Gasteiger partial charge in [0, 0.05) is 11.6 Å². The Hall–Kier alpha value is -2.90. The standard InChI is InChI=1S/C19H12ClFN2O3S/c20-12-8-15-14(9-13(12)21)22-10-23(15)18(11-4-2-1-3-5-11)26-17-7-6-16(27-17)19(24)25/h1-10,18H,(H,24,25). The van der Waals surface area contributed by atoms with Crippen LogP contribution in [-0.4, -0.2) is 20.6 Å². The lowest BCUT2D eigenvalue weighted by Gasteiger charge is -2.20. The lowest BCUT2D eigenvalue weighted by atomic mass is 10.2. The number of hydrogen-bond donors (Lipinski definition) is 1. The van der Waals surface area contributed by atoms with Gasteiger partial charge >= 0.3 is 5.97 Å². The molecule has 0 saturated heterocycles. The van der Waals surface area contributed by atoms with Gasteiger partial charge in [-0.3, -0.25) is 4.57 Å². The van der Waals surface area contributed by atoms with Gasteiger partial charge in [0.25, 0.3) is 0 Å². The minimum absolute atomic E-state index is 0.0136. The first-order valence-corrected chi connectivity index (χ1v) is 9.08. The van der Waals surface area contributed by atoms with Crippen LogP contribution in [0.1, 0.15) is 21.5 Å². The minimum atomic E-state index is -1.01. The molecule has 2 aromatic carbocycles. The first-order valence-electron chi connectivity index (χ1n) is 7.89. The molecule has 136 valence electrons. The summed E-state index contributed by atoms with van der Waals surface area (Å²) in [6.07, 6.45) is 0.919. The maximum Gasteiger partial charge on any atom is 0.345 e. The van der Waals surface area contributed by atoms with Crippen molar-refractivity contribution in [3.05, 3.63) is 82.2 Å². The Kier molecular flexibility index (Phi) is 4.55. The van der Waals surface area contributed by atoms with Crippen LogP contribution in [0.3, 0.4) is 0 Å². The van der Waals surface area contributed by atoms with Gasteiger partial charge in [0.2, 0.25) is 6.23 Å². The first kappa shape index (κ1) is 17.5. The van der Waals surface area contributed by atoms with Gasteiger partial charge in [0.1, 0.15) is 10.7 Å². The summed E-state index contributed by atoms with van der Waals surface area (Å²) in [5.74, 6) is -1.56. The lowest BCUT2D eigenvalue weighted by molar-refractivity contribution is 0.0702. The normalized spacial score (nSPS) is 12.2.